The first-order valence-corrected chi connectivity index (χ1v) is 6.74. The van der Waals surface area contributed by atoms with Gasteiger partial charge in [0.15, 0.2) is 0 Å². The fourth-order valence-corrected chi connectivity index (χ4v) is 3.53. The Labute approximate surface area is 103 Å². The highest BCUT2D eigenvalue weighted by atomic mass is 15.1. The van der Waals surface area contributed by atoms with Gasteiger partial charge in [-0.2, -0.15) is 0 Å². The number of aromatic nitrogens is 1. The van der Waals surface area contributed by atoms with E-state index in [2.05, 4.69) is 9.88 Å². The maximum absolute atomic E-state index is 5.99. The normalized spacial score (nSPS) is 23.2. The van der Waals surface area contributed by atoms with Crippen molar-refractivity contribution >= 4 is 11.4 Å². The van der Waals surface area contributed by atoms with Crippen LogP contribution in [0.25, 0.3) is 0 Å². The average molecular weight is 231 g/mol. The van der Waals surface area contributed by atoms with Crippen molar-refractivity contribution in [2.75, 3.05) is 23.7 Å². The van der Waals surface area contributed by atoms with Crippen molar-refractivity contribution in [1.29, 1.82) is 0 Å². The molecule has 1 saturated carbocycles. The minimum atomic E-state index is 0.679. The zero-order valence-corrected chi connectivity index (χ0v) is 10.4. The quantitative estimate of drug-likeness (QED) is 0.808. The van der Waals surface area contributed by atoms with E-state index < -0.39 is 0 Å². The largest absolute Gasteiger partial charge is 0.396 e. The van der Waals surface area contributed by atoms with E-state index in [1.165, 1.54) is 44.2 Å². The van der Waals surface area contributed by atoms with E-state index in [1.807, 2.05) is 12.3 Å². The van der Waals surface area contributed by atoms with Crippen molar-refractivity contribution in [2.24, 2.45) is 5.41 Å². The van der Waals surface area contributed by atoms with Gasteiger partial charge in [0, 0.05) is 19.3 Å². The maximum atomic E-state index is 5.99. The summed E-state index contributed by atoms with van der Waals surface area (Å²) in [6, 6.07) is 2.04. The first kappa shape index (κ1) is 10.9. The summed E-state index contributed by atoms with van der Waals surface area (Å²) in [5, 5.41) is 0. The zero-order chi connectivity index (χ0) is 11.7. The Kier molecular flexibility index (Phi) is 2.69. The number of rotatable bonds is 1. The molecule has 2 N–H and O–H groups in total. The maximum Gasteiger partial charge on any atom is 0.0738 e. The summed E-state index contributed by atoms with van der Waals surface area (Å²) in [5.41, 5.74) is 8.66. The Hall–Kier alpha value is -1.25. The van der Waals surface area contributed by atoms with Gasteiger partial charge >= 0.3 is 0 Å². The van der Waals surface area contributed by atoms with Crippen LogP contribution in [0.2, 0.25) is 0 Å². The summed E-state index contributed by atoms with van der Waals surface area (Å²) in [4.78, 5) is 6.49. The molecule has 1 aromatic heterocycles. The van der Waals surface area contributed by atoms with Crippen molar-refractivity contribution in [3.8, 4) is 0 Å². The average Bonchev–Trinajstić information content (AvgIpc) is 2.80. The second kappa shape index (κ2) is 4.21. The second-order valence-electron chi connectivity index (χ2n) is 5.63. The highest BCUT2D eigenvalue weighted by Crippen LogP contribution is 2.46. The van der Waals surface area contributed by atoms with Gasteiger partial charge in [0.2, 0.25) is 0 Å². The zero-order valence-electron chi connectivity index (χ0n) is 10.4. The lowest BCUT2D eigenvalue weighted by Crippen LogP contribution is -2.39. The van der Waals surface area contributed by atoms with Crippen molar-refractivity contribution in [2.45, 2.75) is 38.5 Å². The van der Waals surface area contributed by atoms with Crippen LogP contribution in [-0.2, 0) is 0 Å². The Morgan fingerprint density at radius 2 is 1.82 bits per heavy atom. The van der Waals surface area contributed by atoms with Crippen molar-refractivity contribution in [3.63, 3.8) is 0 Å². The first-order chi connectivity index (χ1) is 8.29. The van der Waals surface area contributed by atoms with Crippen LogP contribution >= 0.6 is 0 Å². The molecule has 3 rings (SSSR count). The summed E-state index contributed by atoms with van der Waals surface area (Å²) >= 11 is 0. The molecule has 92 valence electrons. The van der Waals surface area contributed by atoms with E-state index in [9.17, 15) is 0 Å². The van der Waals surface area contributed by atoms with Crippen LogP contribution in [0, 0.1) is 5.41 Å². The van der Waals surface area contributed by atoms with E-state index in [0.717, 1.165) is 18.8 Å². The van der Waals surface area contributed by atoms with Gasteiger partial charge in [0.1, 0.15) is 0 Å². The van der Waals surface area contributed by atoms with E-state index in [1.54, 1.807) is 6.20 Å². The lowest BCUT2D eigenvalue weighted by molar-refractivity contribution is 0.226. The van der Waals surface area contributed by atoms with Crippen molar-refractivity contribution < 1.29 is 0 Å². The van der Waals surface area contributed by atoms with Crippen LogP contribution in [0.1, 0.15) is 38.5 Å². The Morgan fingerprint density at radius 3 is 2.47 bits per heavy atom. The minimum absolute atomic E-state index is 0.679. The van der Waals surface area contributed by atoms with Crippen molar-refractivity contribution in [3.05, 3.63) is 18.5 Å². The van der Waals surface area contributed by atoms with Crippen LogP contribution in [0.4, 0.5) is 11.4 Å². The van der Waals surface area contributed by atoms with Gasteiger partial charge in [-0.1, -0.05) is 12.8 Å². The summed E-state index contributed by atoms with van der Waals surface area (Å²) in [7, 11) is 0. The minimum Gasteiger partial charge on any atom is -0.396 e. The van der Waals surface area contributed by atoms with Crippen LogP contribution in [0.15, 0.2) is 18.5 Å². The standard InChI is InChI=1S/C14H21N3/c15-12-11-16-8-3-13(12)17-9-6-14(7-10-17)4-1-2-5-14/h3,8,11H,1-2,4-7,9-10,15H2. The van der Waals surface area contributed by atoms with Gasteiger partial charge in [-0.3, -0.25) is 4.98 Å². The molecule has 1 aliphatic carbocycles. The molecule has 2 heterocycles. The van der Waals surface area contributed by atoms with Gasteiger partial charge in [-0.15, -0.1) is 0 Å². The fourth-order valence-electron chi connectivity index (χ4n) is 3.53. The SMILES string of the molecule is Nc1cnccc1N1CCC2(CCCC2)CC1. The molecular weight excluding hydrogens is 210 g/mol. The molecular formula is C14H21N3. The molecule has 3 heteroatoms. The molecule has 1 aliphatic heterocycles. The molecule has 0 unspecified atom stereocenters. The van der Waals surface area contributed by atoms with Gasteiger partial charge in [-0.25, -0.2) is 0 Å². The first-order valence-electron chi connectivity index (χ1n) is 6.74. The third-order valence-electron chi connectivity index (χ3n) is 4.66. The summed E-state index contributed by atoms with van der Waals surface area (Å²) in [6.45, 7) is 2.32. The molecule has 0 radical (unpaired) electrons. The molecule has 1 spiro atoms. The van der Waals surface area contributed by atoms with Crippen molar-refractivity contribution in [1.82, 2.24) is 4.98 Å². The van der Waals surface area contributed by atoms with Gasteiger partial charge < -0.3 is 10.6 Å². The van der Waals surface area contributed by atoms with Gasteiger partial charge in [0.05, 0.1) is 17.6 Å². The number of anilines is 2. The number of hydrogen-bond donors (Lipinski definition) is 1. The summed E-state index contributed by atoms with van der Waals surface area (Å²) in [6.07, 6.45) is 12.1. The molecule has 17 heavy (non-hydrogen) atoms. The fraction of sp³-hybridized carbons (Fsp3) is 0.643. The molecule has 0 bridgehead atoms. The van der Waals surface area contributed by atoms with E-state index in [-0.39, 0.29) is 0 Å². The number of piperidine rings is 1. The number of nitrogens with zero attached hydrogens (tertiary/aromatic N) is 2. The van der Waals surface area contributed by atoms with Gasteiger partial charge in [-0.05, 0) is 37.2 Å². The summed E-state index contributed by atoms with van der Waals surface area (Å²) < 4.78 is 0. The monoisotopic (exact) mass is 231 g/mol. The lowest BCUT2D eigenvalue weighted by Gasteiger charge is -2.40. The molecule has 0 atom stereocenters. The van der Waals surface area contributed by atoms with E-state index in [4.69, 9.17) is 5.73 Å². The molecule has 3 nitrogen and oxygen atoms in total. The molecule has 1 aromatic rings. The molecule has 1 saturated heterocycles. The van der Waals surface area contributed by atoms with E-state index >= 15 is 0 Å². The van der Waals surface area contributed by atoms with Crippen LogP contribution in [0.3, 0.4) is 0 Å². The van der Waals surface area contributed by atoms with Crippen LogP contribution < -0.4 is 10.6 Å². The van der Waals surface area contributed by atoms with Crippen LogP contribution in [0.5, 0.6) is 0 Å². The molecule has 2 aliphatic rings. The highest BCUT2D eigenvalue weighted by Gasteiger charge is 2.37. The highest BCUT2D eigenvalue weighted by molar-refractivity contribution is 5.66. The third-order valence-corrected chi connectivity index (χ3v) is 4.66. The number of pyridine rings is 1. The Balaban J connectivity index is 1.71. The number of nitrogen functional groups attached to an aromatic ring is 1. The predicted molar refractivity (Wildman–Crippen MR) is 71.0 cm³/mol. The van der Waals surface area contributed by atoms with Gasteiger partial charge in [0.25, 0.3) is 0 Å². The number of hydrogen-bond acceptors (Lipinski definition) is 3. The van der Waals surface area contributed by atoms with E-state index in [0.29, 0.717) is 5.41 Å². The topological polar surface area (TPSA) is 42.1 Å². The molecule has 2 fully saturated rings. The summed E-state index contributed by atoms with van der Waals surface area (Å²) in [5.74, 6) is 0. The molecule has 0 amide bonds. The lowest BCUT2D eigenvalue weighted by atomic mass is 9.77. The second-order valence-corrected chi connectivity index (χ2v) is 5.63. The predicted octanol–water partition coefficient (Wildman–Crippen LogP) is 2.82. The third kappa shape index (κ3) is 1.99. The molecule has 0 aromatic carbocycles. The Morgan fingerprint density at radius 1 is 1.12 bits per heavy atom. The van der Waals surface area contributed by atoms with Crippen LogP contribution in [-0.4, -0.2) is 18.1 Å². The Bertz CT molecular complexity index is 386. The smallest absolute Gasteiger partial charge is 0.0738 e. The number of nitrogens with two attached hydrogens (primary N) is 1.